The molecule has 1 amide bonds. The number of aryl methyl sites for hydroxylation is 1. The van der Waals surface area contributed by atoms with E-state index >= 15 is 0 Å². The summed E-state index contributed by atoms with van der Waals surface area (Å²) < 4.78 is 10.9. The highest BCUT2D eigenvalue weighted by Crippen LogP contribution is 2.16. The van der Waals surface area contributed by atoms with Gasteiger partial charge in [0.2, 0.25) is 5.91 Å². The number of carbonyl (C=O) groups excluding carboxylic acids is 1. The molecular formula is C20H31NO3. The molecule has 1 aromatic carbocycles. The number of nitrogens with zero attached hydrogens (tertiary/aromatic N) is 1. The van der Waals surface area contributed by atoms with Crippen LogP contribution in [0.5, 0.6) is 5.75 Å². The van der Waals surface area contributed by atoms with Crippen LogP contribution in [0.2, 0.25) is 0 Å². The molecule has 4 nitrogen and oxygen atoms in total. The second-order valence-electron chi connectivity index (χ2n) is 6.65. The first kappa shape index (κ1) is 18.8. The Morgan fingerprint density at radius 3 is 2.71 bits per heavy atom. The van der Waals surface area contributed by atoms with Crippen LogP contribution in [-0.4, -0.2) is 44.2 Å². The number of amides is 1. The Balaban J connectivity index is 1.57. The van der Waals surface area contributed by atoms with Crippen molar-refractivity contribution in [3.8, 4) is 5.75 Å². The minimum atomic E-state index is 0.251. The lowest BCUT2D eigenvalue weighted by molar-refractivity contribution is -0.130. The Hall–Kier alpha value is -1.55. The molecule has 1 unspecified atom stereocenters. The summed E-state index contributed by atoms with van der Waals surface area (Å²) in [5.74, 6) is 1.14. The maximum atomic E-state index is 12.2. The average molecular weight is 333 g/mol. The highest BCUT2D eigenvalue weighted by Gasteiger charge is 2.16. The second-order valence-corrected chi connectivity index (χ2v) is 6.65. The van der Waals surface area contributed by atoms with Gasteiger partial charge in [-0.05, 0) is 62.6 Å². The van der Waals surface area contributed by atoms with Gasteiger partial charge in [0.25, 0.3) is 0 Å². The van der Waals surface area contributed by atoms with E-state index in [0.717, 1.165) is 51.0 Å². The van der Waals surface area contributed by atoms with Crippen molar-refractivity contribution in [1.29, 1.82) is 0 Å². The molecule has 0 N–H and O–H groups in total. The molecule has 134 valence electrons. The molecule has 1 aromatic rings. The van der Waals surface area contributed by atoms with Crippen LogP contribution >= 0.6 is 0 Å². The summed E-state index contributed by atoms with van der Waals surface area (Å²) in [6.45, 7) is 1.69. The minimum absolute atomic E-state index is 0.251. The number of hydrogen-bond donors (Lipinski definition) is 0. The van der Waals surface area contributed by atoms with Crippen molar-refractivity contribution in [3.05, 3.63) is 29.8 Å². The lowest BCUT2D eigenvalue weighted by Gasteiger charge is -2.25. The van der Waals surface area contributed by atoms with E-state index in [1.807, 2.05) is 24.1 Å². The van der Waals surface area contributed by atoms with Crippen molar-refractivity contribution in [1.82, 2.24) is 4.90 Å². The normalized spacial score (nSPS) is 17.5. The van der Waals surface area contributed by atoms with Gasteiger partial charge in [-0.25, -0.2) is 0 Å². The van der Waals surface area contributed by atoms with Gasteiger partial charge in [-0.3, -0.25) is 4.79 Å². The number of unbranched alkanes of at least 4 members (excludes halogenated alkanes) is 1. The van der Waals surface area contributed by atoms with Gasteiger partial charge < -0.3 is 14.4 Å². The topological polar surface area (TPSA) is 38.8 Å². The van der Waals surface area contributed by atoms with Crippen LogP contribution in [0.25, 0.3) is 0 Å². The summed E-state index contributed by atoms with van der Waals surface area (Å²) >= 11 is 0. The van der Waals surface area contributed by atoms with Crippen LogP contribution in [0.1, 0.15) is 50.5 Å². The van der Waals surface area contributed by atoms with Gasteiger partial charge in [0.05, 0.1) is 13.2 Å². The van der Waals surface area contributed by atoms with Gasteiger partial charge in [0.15, 0.2) is 0 Å². The molecule has 0 bridgehead atoms. The van der Waals surface area contributed by atoms with Gasteiger partial charge in [-0.1, -0.05) is 12.1 Å². The first-order valence-corrected chi connectivity index (χ1v) is 9.17. The van der Waals surface area contributed by atoms with Gasteiger partial charge in [-0.2, -0.15) is 0 Å². The Morgan fingerprint density at radius 1 is 1.25 bits per heavy atom. The summed E-state index contributed by atoms with van der Waals surface area (Å²) in [5, 5.41) is 0. The highest BCUT2D eigenvalue weighted by atomic mass is 16.5. The third-order valence-electron chi connectivity index (χ3n) is 4.75. The van der Waals surface area contributed by atoms with Crippen LogP contribution < -0.4 is 4.74 Å². The van der Waals surface area contributed by atoms with Crippen molar-refractivity contribution >= 4 is 5.91 Å². The molecule has 1 aliphatic rings. The summed E-state index contributed by atoms with van der Waals surface area (Å²) in [7, 11) is 3.59. The summed E-state index contributed by atoms with van der Waals surface area (Å²) in [5.41, 5.74) is 1.30. The monoisotopic (exact) mass is 333 g/mol. The van der Waals surface area contributed by atoms with Gasteiger partial charge >= 0.3 is 0 Å². The second kappa shape index (κ2) is 10.3. The number of rotatable bonds is 9. The fourth-order valence-corrected chi connectivity index (χ4v) is 3.09. The number of methoxy groups -OCH3 is 1. The van der Waals surface area contributed by atoms with Crippen LogP contribution in [0.15, 0.2) is 24.3 Å². The summed E-state index contributed by atoms with van der Waals surface area (Å²) in [4.78, 5) is 14.0. The maximum absolute atomic E-state index is 12.2. The first-order chi connectivity index (χ1) is 11.7. The van der Waals surface area contributed by atoms with E-state index in [4.69, 9.17) is 9.47 Å². The zero-order valence-corrected chi connectivity index (χ0v) is 15.1. The molecular weight excluding hydrogens is 302 g/mol. The van der Waals surface area contributed by atoms with E-state index in [0.29, 0.717) is 12.5 Å². The fraction of sp³-hybridized carbons (Fsp3) is 0.650. The van der Waals surface area contributed by atoms with Gasteiger partial charge in [0.1, 0.15) is 5.75 Å². The Kier molecular flexibility index (Phi) is 8.10. The van der Waals surface area contributed by atoms with Gasteiger partial charge in [0, 0.05) is 26.6 Å². The zero-order chi connectivity index (χ0) is 17.2. The van der Waals surface area contributed by atoms with Crippen molar-refractivity contribution < 1.29 is 14.3 Å². The number of hydrogen-bond acceptors (Lipinski definition) is 3. The third-order valence-corrected chi connectivity index (χ3v) is 4.75. The first-order valence-electron chi connectivity index (χ1n) is 9.17. The predicted molar refractivity (Wildman–Crippen MR) is 96.4 cm³/mol. The lowest BCUT2D eigenvalue weighted by Crippen LogP contribution is -2.31. The van der Waals surface area contributed by atoms with Crippen molar-refractivity contribution in [2.24, 2.45) is 0 Å². The Labute approximate surface area is 146 Å². The number of carbonyl (C=O) groups is 1. The number of ether oxygens (including phenoxy) is 2. The SMILES string of the molecule is COc1ccc(CCCCC(=O)N(C)CCC2CCCCO2)cc1. The molecule has 1 aliphatic heterocycles. The lowest BCUT2D eigenvalue weighted by atomic mass is 10.1. The standard InChI is InChI=1S/C20H31NO3/c1-21(15-14-19-8-5-6-16-24-19)20(22)9-4-3-7-17-10-12-18(23-2)13-11-17/h10-13,19H,3-9,14-16H2,1-2H3. The smallest absolute Gasteiger partial charge is 0.222 e. The van der Waals surface area contributed by atoms with Crippen LogP contribution in [-0.2, 0) is 16.0 Å². The molecule has 0 saturated carbocycles. The summed E-state index contributed by atoms with van der Waals surface area (Å²) in [6.07, 6.45) is 8.52. The fourth-order valence-electron chi connectivity index (χ4n) is 3.09. The molecule has 1 fully saturated rings. The summed E-state index contributed by atoms with van der Waals surface area (Å²) in [6, 6.07) is 8.16. The van der Waals surface area contributed by atoms with Crippen LogP contribution in [0, 0.1) is 0 Å². The van der Waals surface area contributed by atoms with Crippen molar-refractivity contribution in [2.75, 3.05) is 27.3 Å². The van der Waals surface area contributed by atoms with Crippen LogP contribution in [0.4, 0.5) is 0 Å². The molecule has 1 atom stereocenters. The molecule has 1 heterocycles. The average Bonchev–Trinajstić information content (AvgIpc) is 2.64. The molecule has 0 aliphatic carbocycles. The third kappa shape index (κ3) is 6.52. The maximum Gasteiger partial charge on any atom is 0.222 e. The Bertz CT molecular complexity index is 480. The van der Waals surface area contributed by atoms with E-state index in [-0.39, 0.29) is 5.91 Å². The Morgan fingerprint density at radius 2 is 2.04 bits per heavy atom. The largest absolute Gasteiger partial charge is 0.497 e. The predicted octanol–water partition coefficient (Wildman–Crippen LogP) is 3.83. The van der Waals surface area contributed by atoms with E-state index in [1.165, 1.54) is 18.4 Å². The van der Waals surface area contributed by atoms with Crippen LogP contribution in [0.3, 0.4) is 0 Å². The molecule has 0 aromatic heterocycles. The van der Waals surface area contributed by atoms with E-state index in [9.17, 15) is 4.79 Å². The molecule has 2 rings (SSSR count). The van der Waals surface area contributed by atoms with E-state index in [1.54, 1.807) is 7.11 Å². The minimum Gasteiger partial charge on any atom is -0.497 e. The highest BCUT2D eigenvalue weighted by molar-refractivity contribution is 5.75. The molecule has 1 saturated heterocycles. The van der Waals surface area contributed by atoms with Crippen molar-refractivity contribution in [2.45, 2.75) is 57.5 Å². The van der Waals surface area contributed by atoms with E-state index in [2.05, 4.69) is 12.1 Å². The zero-order valence-electron chi connectivity index (χ0n) is 15.1. The van der Waals surface area contributed by atoms with Crippen molar-refractivity contribution in [3.63, 3.8) is 0 Å². The van der Waals surface area contributed by atoms with E-state index < -0.39 is 0 Å². The quantitative estimate of drug-likeness (QED) is 0.645. The molecule has 0 spiro atoms. The molecule has 4 heteroatoms. The number of benzene rings is 1. The molecule has 0 radical (unpaired) electrons. The molecule has 24 heavy (non-hydrogen) atoms. The van der Waals surface area contributed by atoms with Gasteiger partial charge in [-0.15, -0.1) is 0 Å².